The third kappa shape index (κ3) is 6.76. The van der Waals surface area contributed by atoms with Crippen LogP contribution in [-0.2, 0) is 0 Å². The highest BCUT2D eigenvalue weighted by molar-refractivity contribution is 4.90. The van der Waals surface area contributed by atoms with Crippen LogP contribution in [0.25, 0.3) is 0 Å². The molecule has 1 N–H and O–H groups in total. The van der Waals surface area contributed by atoms with Gasteiger partial charge in [0.2, 0.25) is 0 Å². The lowest BCUT2D eigenvalue weighted by Crippen LogP contribution is -2.47. The first kappa shape index (κ1) is 17.0. The van der Waals surface area contributed by atoms with Gasteiger partial charge in [0.1, 0.15) is 0 Å². The minimum atomic E-state index is 0.242. The molecular formula is C17H36N2. The maximum Gasteiger partial charge on any atom is 0.00967 e. The predicted molar refractivity (Wildman–Crippen MR) is 85.6 cm³/mol. The van der Waals surface area contributed by atoms with E-state index < -0.39 is 0 Å². The van der Waals surface area contributed by atoms with Gasteiger partial charge in [0.25, 0.3) is 0 Å². The number of nitrogens with one attached hydrogen (secondary N) is 1. The summed E-state index contributed by atoms with van der Waals surface area (Å²) in [6, 6.07) is 0. The molecule has 0 aromatic rings. The summed E-state index contributed by atoms with van der Waals surface area (Å²) in [5.41, 5.74) is 0.769. The van der Waals surface area contributed by atoms with Gasteiger partial charge < -0.3 is 10.2 Å². The van der Waals surface area contributed by atoms with Gasteiger partial charge in [-0.1, -0.05) is 26.7 Å². The van der Waals surface area contributed by atoms with Gasteiger partial charge in [0.05, 0.1) is 0 Å². The predicted octanol–water partition coefficient (Wildman–Crippen LogP) is 3.91. The summed E-state index contributed by atoms with van der Waals surface area (Å²) in [4.78, 5) is 2.57. The van der Waals surface area contributed by atoms with Crippen molar-refractivity contribution in [1.82, 2.24) is 10.2 Å². The molecular weight excluding hydrogens is 232 g/mol. The zero-order valence-electron chi connectivity index (χ0n) is 14.2. The summed E-state index contributed by atoms with van der Waals surface area (Å²) >= 11 is 0. The fraction of sp³-hybridized carbons (Fsp3) is 1.00. The van der Waals surface area contributed by atoms with E-state index in [-0.39, 0.29) is 5.54 Å². The summed E-state index contributed by atoms with van der Waals surface area (Å²) in [5.74, 6) is 0.815. The second kappa shape index (κ2) is 7.08. The van der Waals surface area contributed by atoms with Crippen LogP contribution in [-0.4, -0.2) is 37.1 Å². The fourth-order valence-electron chi connectivity index (χ4n) is 3.10. The van der Waals surface area contributed by atoms with Crippen molar-refractivity contribution in [1.29, 1.82) is 0 Å². The SMILES string of the molecule is CC(C)CCN(C)CC1(CNC(C)(C)C)CCCC1. The highest BCUT2D eigenvalue weighted by atomic mass is 15.1. The Morgan fingerprint density at radius 1 is 1.16 bits per heavy atom. The molecule has 1 rings (SSSR count). The zero-order valence-corrected chi connectivity index (χ0v) is 14.2. The van der Waals surface area contributed by atoms with Crippen LogP contribution in [0.5, 0.6) is 0 Å². The molecule has 114 valence electrons. The molecule has 0 heterocycles. The maximum absolute atomic E-state index is 3.75. The summed E-state index contributed by atoms with van der Waals surface area (Å²) in [6.07, 6.45) is 6.97. The summed E-state index contributed by atoms with van der Waals surface area (Å²) in [5, 5.41) is 3.75. The molecule has 0 aliphatic heterocycles. The van der Waals surface area contributed by atoms with Gasteiger partial charge in [0.15, 0.2) is 0 Å². The third-order valence-corrected chi connectivity index (χ3v) is 4.35. The van der Waals surface area contributed by atoms with Gasteiger partial charge in [-0.15, -0.1) is 0 Å². The first-order chi connectivity index (χ1) is 8.72. The van der Waals surface area contributed by atoms with E-state index in [1.807, 2.05) is 0 Å². The quantitative estimate of drug-likeness (QED) is 0.753. The molecule has 2 nitrogen and oxygen atoms in total. The Balaban J connectivity index is 2.47. The zero-order chi connectivity index (χ0) is 14.5. The molecule has 0 saturated heterocycles. The lowest BCUT2D eigenvalue weighted by Gasteiger charge is -2.37. The number of hydrogen-bond acceptors (Lipinski definition) is 2. The van der Waals surface area contributed by atoms with E-state index in [1.54, 1.807) is 0 Å². The lowest BCUT2D eigenvalue weighted by atomic mass is 9.84. The smallest absolute Gasteiger partial charge is 0.00967 e. The molecule has 19 heavy (non-hydrogen) atoms. The van der Waals surface area contributed by atoms with Crippen LogP contribution >= 0.6 is 0 Å². The average Bonchev–Trinajstić information content (AvgIpc) is 2.72. The van der Waals surface area contributed by atoms with E-state index in [0.717, 1.165) is 5.92 Å². The van der Waals surface area contributed by atoms with E-state index in [4.69, 9.17) is 0 Å². The van der Waals surface area contributed by atoms with E-state index in [0.29, 0.717) is 5.41 Å². The molecule has 0 aromatic heterocycles. The second-order valence-electron chi connectivity index (χ2n) is 8.23. The Morgan fingerprint density at radius 3 is 2.21 bits per heavy atom. The van der Waals surface area contributed by atoms with Crippen LogP contribution < -0.4 is 5.32 Å². The highest BCUT2D eigenvalue weighted by Crippen LogP contribution is 2.38. The minimum absolute atomic E-state index is 0.242. The van der Waals surface area contributed by atoms with Crippen molar-refractivity contribution in [3.63, 3.8) is 0 Å². The van der Waals surface area contributed by atoms with Crippen LogP contribution in [0.3, 0.4) is 0 Å². The van der Waals surface area contributed by atoms with Crippen molar-refractivity contribution in [2.24, 2.45) is 11.3 Å². The Kier molecular flexibility index (Phi) is 6.32. The first-order valence-corrected chi connectivity index (χ1v) is 8.16. The Labute approximate surface area is 121 Å². The van der Waals surface area contributed by atoms with Gasteiger partial charge in [-0.2, -0.15) is 0 Å². The molecule has 1 aliphatic carbocycles. The molecule has 0 aromatic carbocycles. The molecule has 2 heteroatoms. The van der Waals surface area contributed by atoms with Crippen molar-refractivity contribution in [3.05, 3.63) is 0 Å². The molecule has 0 atom stereocenters. The van der Waals surface area contributed by atoms with E-state index in [1.165, 1.54) is 51.7 Å². The molecule has 1 aliphatic rings. The monoisotopic (exact) mass is 268 g/mol. The molecule has 0 bridgehead atoms. The topological polar surface area (TPSA) is 15.3 Å². The number of hydrogen-bond donors (Lipinski definition) is 1. The number of nitrogens with zero attached hydrogens (tertiary/aromatic N) is 1. The molecule has 0 unspecified atom stereocenters. The van der Waals surface area contributed by atoms with Gasteiger partial charge in [-0.05, 0) is 65.0 Å². The molecule has 0 spiro atoms. The average molecular weight is 268 g/mol. The van der Waals surface area contributed by atoms with Gasteiger partial charge in [-0.3, -0.25) is 0 Å². The number of rotatable bonds is 7. The molecule has 1 fully saturated rings. The summed E-state index contributed by atoms with van der Waals surface area (Å²) in [6.45, 7) is 15.2. The first-order valence-electron chi connectivity index (χ1n) is 8.16. The van der Waals surface area contributed by atoms with E-state index in [2.05, 4.69) is 51.9 Å². The Hall–Kier alpha value is -0.0800. The van der Waals surface area contributed by atoms with Crippen LogP contribution in [0.15, 0.2) is 0 Å². The van der Waals surface area contributed by atoms with Crippen molar-refractivity contribution in [2.45, 2.75) is 72.3 Å². The summed E-state index contributed by atoms with van der Waals surface area (Å²) in [7, 11) is 2.31. The molecule has 0 radical (unpaired) electrons. The van der Waals surface area contributed by atoms with Crippen LogP contribution in [0.2, 0.25) is 0 Å². The standard InChI is InChI=1S/C17H36N2/c1-15(2)9-12-19(6)14-17(10-7-8-11-17)13-18-16(3,4)5/h15,18H,7-14H2,1-6H3. The van der Waals surface area contributed by atoms with Gasteiger partial charge >= 0.3 is 0 Å². The second-order valence-corrected chi connectivity index (χ2v) is 8.23. The normalized spacial score (nSPS) is 19.6. The van der Waals surface area contributed by atoms with E-state index in [9.17, 15) is 0 Å². The lowest BCUT2D eigenvalue weighted by molar-refractivity contribution is 0.156. The Bertz CT molecular complexity index is 246. The third-order valence-electron chi connectivity index (χ3n) is 4.35. The van der Waals surface area contributed by atoms with Crippen LogP contribution in [0.4, 0.5) is 0 Å². The van der Waals surface area contributed by atoms with Gasteiger partial charge in [0, 0.05) is 18.6 Å². The Morgan fingerprint density at radius 2 is 1.74 bits per heavy atom. The molecule has 1 saturated carbocycles. The van der Waals surface area contributed by atoms with Crippen LogP contribution in [0.1, 0.15) is 66.7 Å². The van der Waals surface area contributed by atoms with Gasteiger partial charge in [-0.25, -0.2) is 0 Å². The van der Waals surface area contributed by atoms with Crippen LogP contribution in [0, 0.1) is 11.3 Å². The molecule has 0 amide bonds. The highest BCUT2D eigenvalue weighted by Gasteiger charge is 2.35. The van der Waals surface area contributed by atoms with Crippen molar-refractivity contribution in [2.75, 3.05) is 26.7 Å². The van der Waals surface area contributed by atoms with Crippen molar-refractivity contribution < 1.29 is 0 Å². The largest absolute Gasteiger partial charge is 0.311 e. The minimum Gasteiger partial charge on any atom is -0.311 e. The fourth-order valence-corrected chi connectivity index (χ4v) is 3.10. The van der Waals surface area contributed by atoms with Crippen molar-refractivity contribution >= 4 is 0 Å². The maximum atomic E-state index is 3.75. The van der Waals surface area contributed by atoms with E-state index >= 15 is 0 Å². The van der Waals surface area contributed by atoms with Crippen molar-refractivity contribution in [3.8, 4) is 0 Å². The summed E-state index contributed by atoms with van der Waals surface area (Å²) < 4.78 is 0.